The van der Waals surface area contributed by atoms with Gasteiger partial charge in [-0.05, 0) is 12.5 Å². The number of amidine groups is 1. The molecule has 0 unspecified atom stereocenters. The van der Waals surface area contributed by atoms with Gasteiger partial charge in [-0.2, -0.15) is 0 Å². The summed E-state index contributed by atoms with van der Waals surface area (Å²) in [6.07, 6.45) is -2.18. The Kier molecular flexibility index (Phi) is 4.63. The van der Waals surface area contributed by atoms with Crippen LogP contribution in [0.1, 0.15) is 36.1 Å². The van der Waals surface area contributed by atoms with Crippen LogP contribution < -0.4 is 5.73 Å². The molecule has 4 rings (SSSR count). The fourth-order valence-electron chi connectivity index (χ4n) is 3.53. The number of aromatic nitrogens is 1. The molecule has 1 fully saturated rings. The third-order valence-electron chi connectivity index (χ3n) is 4.86. The number of nitrogens with two attached hydrogens (primary N) is 1. The molecule has 0 aliphatic carbocycles. The summed E-state index contributed by atoms with van der Waals surface area (Å²) < 4.78 is 64.3. The smallest absolute Gasteiger partial charge is 0.283 e. The monoisotopic (exact) mass is 401 g/mol. The molecule has 2 N–H and O–H groups in total. The SMILES string of the molecule is NC1=N[C@@]2(c3ccc(F)cc3F)CO[C@@H](c3nc(C(F)F)co3)C[C@H]2CS1. The second kappa shape index (κ2) is 6.83. The molecule has 2 aliphatic rings. The van der Waals surface area contributed by atoms with Crippen LogP contribution >= 0.6 is 11.8 Å². The normalized spacial score (nSPS) is 28.1. The minimum absolute atomic E-state index is 0.0472. The van der Waals surface area contributed by atoms with Gasteiger partial charge >= 0.3 is 0 Å². The quantitative estimate of drug-likeness (QED) is 0.789. The molecule has 10 heteroatoms. The van der Waals surface area contributed by atoms with Crippen LogP contribution in [0.25, 0.3) is 0 Å². The second-order valence-electron chi connectivity index (χ2n) is 6.45. The number of rotatable bonds is 3. The van der Waals surface area contributed by atoms with Gasteiger partial charge in [-0.1, -0.05) is 17.8 Å². The van der Waals surface area contributed by atoms with Crippen LogP contribution in [0.2, 0.25) is 0 Å². The third kappa shape index (κ3) is 3.20. The summed E-state index contributed by atoms with van der Waals surface area (Å²) in [5.74, 6) is -1.09. The maximum atomic E-state index is 14.5. The van der Waals surface area contributed by atoms with Crippen molar-refractivity contribution in [1.29, 1.82) is 0 Å². The van der Waals surface area contributed by atoms with E-state index in [0.717, 1.165) is 18.4 Å². The minimum Gasteiger partial charge on any atom is -0.446 e. The molecule has 2 aliphatic heterocycles. The molecule has 0 bridgehead atoms. The predicted molar refractivity (Wildman–Crippen MR) is 90.4 cm³/mol. The van der Waals surface area contributed by atoms with Crippen LogP contribution in [-0.4, -0.2) is 22.5 Å². The average Bonchev–Trinajstić information content (AvgIpc) is 3.11. The summed E-state index contributed by atoms with van der Waals surface area (Å²) >= 11 is 1.32. The highest BCUT2D eigenvalue weighted by atomic mass is 32.2. The van der Waals surface area contributed by atoms with Crippen molar-refractivity contribution in [2.24, 2.45) is 16.6 Å². The number of ether oxygens (including phenoxy) is 1. The summed E-state index contributed by atoms with van der Waals surface area (Å²) in [7, 11) is 0. The Balaban J connectivity index is 1.68. The van der Waals surface area contributed by atoms with Gasteiger partial charge < -0.3 is 14.9 Å². The number of hydrogen-bond donors (Lipinski definition) is 1. The number of oxazole rings is 1. The second-order valence-corrected chi connectivity index (χ2v) is 7.49. The summed E-state index contributed by atoms with van der Waals surface area (Å²) in [4.78, 5) is 8.23. The van der Waals surface area contributed by atoms with Crippen LogP contribution in [0.15, 0.2) is 33.9 Å². The van der Waals surface area contributed by atoms with Crippen molar-refractivity contribution < 1.29 is 26.7 Å². The first-order valence-electron chi connectivity index (χ1n) is 8.18. The summed E-state index contributed by atoms with van der Waals surface area (Å²) in [6.45, 7) is -0.0570. The molecule has 0 saturated carbocycles. The fourth-order valence-corrected chi connectivity index (χ4v) is 4.54. The van der Waals surface area contributed by atoms with Gasteiger partial charge in [0.15, 0.2) is 5.17 Å². The highest BCUT2D eigenvalue weighted by Crippen LogP contribution is 2.49. The lowest BCUT2D eigenvalue weighted by molar-refractivity contribution is -0.0698. The van der Waals surface area contributed by atoms with Gasteiger partial charge in [0.2, 0.25) is 5.89 Å². The van der Waals surface area contributed by atoms with Crippen LogP contribution in [-0.2, 0) is 10.3 Å². The van der Waals surface area contributed by atoms with Gasteiger partial charge in [0.1, 0.15) is 35.2 Å². The lowest BCUT2D eigenvalue weighted by Crippen LogP contribution is -2.48. The number of thioether (sulfide) groups is 1. The standard InChI is InChI=1S/C17H15F4N3O2S/c18-9-1-2-10(11(19)4-9)17-7-26-13(3-8(17)6-27-16(22)24-17)15-23-12(5-25-15)14(20)21/h1-2,4-5,8,13-14H,3,6-7H2,(H2,22,24)/t8-,13+,17-/m0/s1. The fraction of sp³-hybridized carbons (Fsp3) is 0.412. The maximum Gasteiger partial charge on any atom is 0.283 e. The van der Waals surface area contributed by atoms with Crippen LogP contribution in [0.3, 0.4) is 0 Å². The van der Waals surface area contributed by atoms with E-state index in [0.29, 0.717) is 12.2 Å². The highest BCUT2D eigenvalue weighted by Gasteiger charge is 2.50. The molecule has 1 aromatic carbocycles. The molecule has 1 saturated heterocycles. The largest absolute Gasteiger partial charge is 0.446 e. The summed E-state index contributed by atoms with van der Waals surface area (Å²) in [6, 6.07) is 3.30. The van der Waals surface area contributed by atoms with E-state index < -0.39 is 35.4 Å². The Morgan fingerprint density at radius 3 is 2.81 bits per heavy atom. The Morgan fingerprint density at radius 1 is 1.30 bits per heavy atom. The number of hydrogen-bond acceptors (Lipinski definition) is 6. The third-order valence-corrected chi connectivity index (χ3v) is 5.81. The van der Waals surface area contributed by atoms with E-state index in [2.05, 4.69) is 9.98 Å². The molecular formula is C17H15F4N3O2S. The minimum atomic E-state index is -2.74. The first-order valence-corrected chi connectivity index (χ1v) is 9.16. The first kappa shape index (κ1) is 18.3. The van der Waals surface area contributed by atoms with E-state index in [4.69, 9.17) is 14.9 Å². The number of fused-ring (bicyclic) bond motifs is 1. The molecule has 5 nitrogen and oxygen atoms in total. The van der Waals surface area contributed by atoms with Gasteiger partial charge in [-0.15, -0.1) is 0 Å². The van der Waals surface area contributed by atoms with Gasteiger partial charge in [-0.25, -0.2) is 27.5 Å². The van der Waals surface area contributed by atoms with Gasteiger partial charge in [-0.3, -0.25) is 0 Å². The molecule has 27 heavy (non-hydrogen) atoms. The topological polar surface area (TPSA) is 73.6 Å². The van der Waals surface area contributed by atoms with Crippen molar-refractivity contribution in [1.82, 2.24) is 4.98 Å². The lowest BCUT2D eigenvalue weighted by atomic mass is 9.75. The Hall–Kier alpha value is -2.07. The number of alkyl halides is 2. The zero-order chi connectivity index (χ0) is 19.2. The molecular weight excluding hydrogens is 386 g/mol. The van der Waals surface area contributed by atoms with E-state index in [1.165, 1.54) is 17.8 Å². The molecule has 3 heterocycles. The molecule has 144 valence electrons. The van der Waals surface area contributed by atoms with E-state index >= 15 is 0 Å². The van der Waals surface area contributed by atoms with Crippen molar-refractivity contribution in [3.63, 3.8) is 0 Å². The summed E-state index contributed by atoms with van der Waals surface area (Å²) in [5, 5.41) is 0.285. The van der Waals surface area contributed by atoms with Crippen LogP contribution in [0.5, 0.6) is 0 Å². The molecule has 3 atom stereocenters. The number of nitrogens with zero attached hydrogens (tertiary/aromatic N) is 2. The Bertz CT molecular complexity index is 891. The van der Waals surface area contributed by atoms with E-state index in [9.17, 15) is 17.6 Å². The first-order chi connectivity index (χ1) is 12.9. The van der Waals surface area contributed by atoms with E-state index in [-0.39, 0.29) is 29.1 Å². The van der Waals surface area contributed by atoms with Crippen molar-refractivity contribution in [3.8, 4) is 0 Å². The molecule has 0 amide bonds. The van der Waals surface area contributed by atoms with E-state index in [1.54, 1.807) is 0 Å². The average molecular weight is 401 g/mol. The molecule has 1 aromatic heterocycles. The molecule has 0 radical (unpaired) electrons. The lowest BCUT2D eigenvalue weighted by Gasteiger charge is -2.45. The van der Waals surface area contributed by atoms with E-state index in [1.807, 2.05) is 0 Å². The van der Waals surface area contributed by atoms with Crippen molar-refractivity contribution in [2.75, 3.05) is 12.4 Å². The van der Waals surface area contributed by atoms with Gasteiger partial charge in [0.05, 0.1) is 6.61 Å². The predicted octanol–water partition coefficient (Wildman–Crippen LogP) is 3.93. The van der Waals surface area contributed by atoms with Crippen LogP contribution in [0.4, 0.5) is 17.6 Å². The number of benzene rings is 1. The van der Waals surface area contributed by atoms with Crippen molar-refractivity contribution in [3.05, 3.63) is 53.2 Å². The highest BCUT2D eigenvalue weighted by molar-refractivity contribution is 8.13. The summed E-state index contributed by atoms with van der Waals surface area (Å²) in [5.41, 5.74) is 4.49. The molecule has 0 spiro atoms. The zero-order valence-electron chi connectivity index (χ0n) is 13.9. The zero-order valence-corrected chi connectivity index (χ0v) is 14.7. The number of halogens is 4. The van der Waals surface area contributed by atoms with Gasteiger partial charge in [0.25, 0.3) is 6.43 Å². The Morgan fingerprint density at radius 2 is 2.11 bits per heavy atom. The number of aliphatic imine (C=N–C) groups is 1. The van der Waals surface area contributed by atoms with Gasteiger partial charge in [0, 0.05) is 23.3 Å². The van der Waals surface area contributed by atoms with Crippen molar-refractivity contribution in [2.45, 2.75) is 24.5 Å². The Labute approximate surface area is 156 Å². The maximum absolute atomic E-state index is 14.5. The molecule has 2 aromatic rings. The van der Waals surface area contributed by atoms with Crippen LogP contribution in [0, 0.1) is 17.6 Å². The van der Waals surface area contributed by atoms with Crippen molar-refractivity contribution >= 4 is 16.9 Å².